The summed E-state index contributed by atoms with van der Waals surface area (Å²) in [6.45, 7) is 3.44. The maximum atomic E-state index is 13.3. The molecule has 4 rings (SSSR count). The molecule has 0 spiro atoms. The molecule has 8 heteroatoms. The Morgan fingerprint density at radius 2 is 1.94 bits per heavy atom. The lowest BCUT2D eigenvalue weighted by molar-refractivity contribution is -0.695. The van der Waals surface area contributed by atoms with Crippen molar-refractivity contribution >= 4 is 17.4 Å². The minimum Gasteiger partial charge on any atom is -0.872 e. The van der Waals surface area contributed by atoms with Crippen molar-refractivity contribution in [3.8, 4) is 5.75 Å². The van der Waals surface area contributed by atoms with Crippen molar-refractivity contribution in [1.82, 2.24) is 14.9 Å². The number of H-pyrrole nitrogens is 1. The van der Waals surface area contributed by atoms with E-state index >= 15 is 0 Å². The minimum atomic E-state index is -0.750. The van der Waals surface area contributed by atoms with Gasteiger partial charge in [-0.25, -0.2) is 4.57 Å². The zero-order valence-electron chi connectivity index (χ0n) is 17.7. The Kier molecular flexibility index (Phi) is 6.30. The number of imidazole rings is 1. The van der Waals surface area contributed by atoms with Gasteiger partial charge in [-0.05, 0) is 42.3 Å². The number of amides is 1. The topological polar surface area (TPSA) is 102 Å². The number of hydrogen-bond donors (Lipinski definition) is 1. The van der Waals surface area contributed by atoms with Gasteiger partial charge < -0.3 is 14.7 Å². The first-order valence-corrected chi connectivity index (χ1v) is 10.5. The summed E-state index contributed by atoms with van der Waals surface area (Å²) in [5.41, 5.74) is 0.996. The summed E-state index contributed by atoms with van der Waals surface area (Å²) in [7, 11) is 0. The predicted molar refractivity (Wildman–Crippen MR) is 114 cm³/mol. The van der Waals surface area contributed by atoms with Gasteiger partial charge in [0.05, 0.1) is 19.2 Å². The van der Waals surface area contributed by atoms with E-state index in [1.54, 1.807) is 36.4 Å². The summed E-state index contributed by atoms with van der Waals surface area (Å²) < 4.78 is 7.47. The third kappa shape index (κ3) is 4.25. The first-order valence-electron chi connectivity index (χ1n) is 10.5. The molecule has 8 nitrogen and oxygen atoms in total. The first-order chi connectivity index (χ1) is 15.6. The van der Waals surface area contributed by atoms with Crippen molar-refractivity contribution in [3.05, 3.63) is 84.2 Å². The fourth-order valence-electron chi connectivity index (χ4n) is 3.90. The van der Waals surface area contributed by atoms with Gasteiger partial charge in [0.15, 0.2) is 0 Å². The highest BCUT2D eigenvalue weighted by molar-refractivity contribution is 6.46. The number of rotatable bonds is 8. The number of aromatic nitrogens is 3. The summed E-state index contributed by atoms with van der Waals surface area (Å²) in [4.78, 5) is 34.3. The number of Topliss-reactive ketones (excluding diaryl/α,β-unsaturated/α-hetero) is 1. The summed E-state index contributed by atoms with van der Waals surface area (Å²) in [5, 5.41) is 13.3. The molecule has 1 amide bonds. The van der Waals surface area contributed by atoms with E-state index in [1.165, 1.54) is 17.3 Å². The van der Waals surface area contributed by atoms with Gasteiger partial charge in [0.1, 0.15) is 18.1 Å². The van der Waals surface area contributed by atoms with Crippen LogP contribution in [0.25, 0.3) is 5.76 Å². The fourth-order valence-corrected chi connectivity index (χ4v) is 3.90. The third-order valence-corrected chi connectivity index (χ3v) is 5.40. The van der Waals surface area contributed by atoms with Crippen LogP contribution in [0, 0.1) is 0 Å². The molecular weight excluding hydrogens is 408 g/mol. The number of nitrogens with one attached hydrogen (secondary N) is 1. The van der Waals surface area contributed by atoms with Crippen LogP contribution in [0.4, 0.5) is 0 Å². The quantitative estimate of drug-likeness (QED) is 0.251. The molecule has 1 fully saturated rings. The molecule has 0 saturated carbocycles. The average molecular weight is 432 g/mol. The molecule has 1 aromatic carbocycles. The summed E-state index contributed by atoms with van der Waals surface area (Å²) in [6, 6.07) is 9.52. The largest absolute Gasteiger partial charge is 0.872 e. The van der Waals surface area contributed by atoms with Gasteiger partial charge >= 0.3 is 0 Å². The first kappa shape index (κ1) is 21.3. The van der Waals surface area contributed by atoms with E-state index in [0.29, 0.717) is 43.0 Å². The van der Waals surface area contributed by atoms with Crippen molar-refractivity contribution in [2.24, 2.45) is 0 Å². The fraction of sp³-hybridized carbons (Fsp3) is 0.250. The monoisotopic (exact) mass is 432 g/mol. The maximum absolute atomic E-state index is 13.3. The van der Waals surface area contributed by atoms with Crippen LogP contribution in [0.3, 0.4) is 0 Å². The molecule has 2 aromatic heterocycles. The number of benzene rings is 1. The molecule has 3 aromatic rings. The molecule has 3 heterocycles. The third-order valence-electron chi connectivity index (χ3n) is 5.40. The number of aryl methyl sites for hydroxylation is 1. The minimum absolute atomic E-state index is 0.0281. The Hall–Kier alpha value is -3.94. The van der Waals surface area contributed by atoms with Crippen molar-refractivity contribution in [2.75, 3.05) is 13.2 Å². The molecule has 164 valence electrons. The lowest BCUT2D eigenvalue weighted by Crippen LogP contribution is -2.36. The Bertz CT molecular complexity index is 1110. The second-order valence-electron chi connectivity index (χ2n) is 7.41. The molecule has 1 atom stereocenters. The molecule has 1 N–H and O–H groups in total. The summed E-state index contributed by atoms with van der Waals surface area (Å²) in [5.74, 6) is -1.17. The standard InChI is InChI=1S/C24H24N4O4/c1-2-32-19-6-4-17(5-7-19)21-20(22(29)18-8-10-25-11-9-18)23(30)24(31)28(21)14-3-13-27-15-12-26-16-27/h4-12,15-16,21H,2-3,13-14H2,1H3,(H,29,30). The highest BCUT2D eigenvalue weighted by atomic mass is 16.5. The molecule has 1 unspecified atom stereocenters. The molecule has 0 radical (unpaired) electrons. The van der Waals surface area contributed by atoms with Crippen molar-refractivity contribution in [1.29, 1.82) is 0 Å². The molecule has 0 bridgehead atoms. The van der Waals surface area contributed by atoms with E-state index in [2.05, 4.69) is 9.97 Å². The Morgan fingerprint density at radius 3 is 2.59 bits per heavy atom. The second kappa shape index (κ2) is 9.47. The lowest BCUT2D eigenvalue weighted by atomic mass is 9.95. The number of carbonyl (C=O) groups is 2. The molecule has 32 heavy (non-hydrogen) atoms. The number of hydrogen-bond acceptors (Lipinski definition) is 5. The number of ether oxygens (including phenoxy) is 1. The van der Waals surface area contributed by atoms with E-state index in [9.17, 15) is 14.7 Å². The smallest absolute Gasteiger partial charge is 0.295 e. The Labute approximate surface area is 185 Å². The van der Waals surface area contributed by atoms with Crippen LogP contribution in [-0.4, -0.2) is 39.7 Å². The molecule has 0 aliphatic carbocycles. The van der Waals surface area contributed by atoms with Crippen molar-refractivity contribution in [2.45, 2.75) is 25.9 Å². The van der Waals surface area contributed by atoms with Crippen LogP contribution in [0.1, 0.15) is 30.5 Å². The Morgan fingerprint density at radius 1 is 1.19 bits per heavy atom. The predicted octanol–water partition coefficient (Wildman–Crippen LogP) is 1.41. The number of nitrogens with zero attached hydrogens (tertiary/aromatic N) is 3. The van der Waals surface area contributed by atoms with Crippen molar-refractivity contribution in [3.63, 3.8) is 0 Å². The maximum Gasteiger partial charge on any atom is 0.295 e. The molecular formula is C24H24N4O4. The number of aromatic amines is 1. The Balaban J connectivity index is 1.70. The summed E-state index contributed by atoms with van der Waals surface area (Å²) >= 11 is 0. The van der Waals surface area contributed by atoms with Gasteiger partial charge in [0, 0.05) is 30.9 Å². The number of likely N-dealkylation sites (tertiary alicyclic amines) is 1. The van der Waals surface area contributed by atoms with Crippen LogP contribution < -0.4 is 14.4 Å². The van der Waals surface area contributed by atoms with Gasteiger partial charge in [-0.1, -0.05) is 17.9 Å². The van der Waals surface area contributed by atoms with Crippen LogP contribution in [-0.2, 0) is 16.1 Å². The zero-order valence-corrected chi connectivity index (χ0v) is 17.7. The van der Waals surface area contributed by atoms with Gasteiger partial charge in [-0.3, -0.25) is 19.6 Å². The summed E-state index contributed by atoms with van der Waals surface area (Å²) in [6.07, 6.45) is 9.15. The van der Waals surface area contributed by atoms with Gasteiger partial charge in [0.2, 0.25) is 12.1 Å². The lowest BCUT2D eigenvalue weighted by Gasteiger charge is -2.27. The zero-order chi connectivity index (χ0) is 22.5. The van der Waals surface area contributed by atoms with Crippen LogP contribution in [0.2, 0.25) is 0 Å². The van der Waals surface area contributed by atoms with Crippen molar-refractivity contribution < 1.29 is 24.0 Å². The number of ketones is 1. The van der Waals surface area contributed by atoms with E-state index in [0.717, 1.165) is 0 Å². The van der Waals surface area contributed by atoms with E-state index < -0.39 is 23.5 Å². The highest BCUT2D eigenvalue weighted by Gasteiger charge is 2.43. The number of carbonyl (C=O) groups excluding carboxylic acids is 2. The molecule has 1 saturated heterocycles. The van der Waals surface area contributed by atoms with E-state index in [4.69, 9.17) is 4.74 Å². The van der Waals surface area contributed by atoms with Crippen LogP contribution >= 0.6 is 0 Å². The normalized spacial score (nSPS) is 17.7. The van der Waals surface area contributed by atoms with Gasteiger partial charge in [-0.2, -0.15) is 0 Å². The number of pyridine rings is 1. The molecule has 1 aliphatic heterocycles. The average Bonchev–Trinajstić information content (AvgIpc) is 3.42. The van der Waals surface area contributed by atoms with Gasteiger partial charge in [-0.15, -0.1) is 0 Å². The highest BCUT2D eigenvalue weighted by Crippen LogP contribution is 2.39. The molecule has 1 aliphatic rings. The van der Waals surface area contributed by atoms with E-state index in [-0.39, 0.29) is 5.57 Å². The van der Waals surface area contributed by atoms with Crippen LogP contribution in [0.5, 0.6) is 5.75 Å². The van der Waals surface area contributed by atoms with Crippen LogP contribution in [0.15, 0.2) is 73.1 Å². The SMILES string of the molecule is CCOc1ccc(C2C(=C([O-])c3ccncc3)C(=O)C(=O)N2CCC[n+]2cc[nH]c2)cc1. The second-order valence-corrected chi connectivity index (χ2v) is 7.41. The van der Waals surface area contributed by atoms with E-state index in [1.807, 2.05) is 30.2 Å². The van der Waals surface area contributed by atoms with Gasteiger partial charge in [0.25, 0.3) is 5.91 Å².